The van der Waals surface area contributed by atoms with E-state index in [1.807, 2.05) is 11.3 Å². The fraction of sp³-hybridized carbons (Fsp3) is 0. The number of benzene rings is 7. The summed E-state index contributed by atoms with van der Waals surface area (Å²) in [4.78, 5) is 0. The van der Waals surface area contributed by atoms with Crippen LogP contribution in [-0.2, 0) is 0 Å². The first-order chi connectivity index (χ1) is 22.3. The van der Waals surface area contributed by atoms with Gasteiger partial charge in [-0.3, -0.25) is 0 Å². The predicted molar refractivity (Wildman–Crippen MR) is 193 cm³/mol. The van der Waals surface area contributed by atoms with E-state index in [0.717, 1.165) is 11.4 Å². The Morgan fingerprint density at radius 1 is 0.311 bits per heavy atom. The van der Waals surface area contributed by atoms with Crippen molar-refractivity contribution in [2.24, 2.45) is 0 Å². The topological polar surface area (TPSA) is 9.86 Å². The molecule has 0 aliphatic carbocycles. The summed E-state index contributed by atoms with van der Waals surface area (Å²) in [5.41, 5.74) is 9.63. The van der Waals surface area contributed by atoms with Crippen molar-refractivity contribution in [1.29, 1.82) is 0 Å². The van der Waals surface area contributed by atoms with Crippen LogP contribution < -0.4 is 0 Å². The number of hydrogen-bond donors (Lipinski definition) is 0. The average Bonchev–Trinajstić information content (AvgIpc) is 3.75. The van der Waals surface area contributed by atoms with Crippen LogP contribution in [0.15, 0.2) is 158 Å². The maximum Gasteiger partial charge on any atom is 0.0561 e. The number of aromatic nitrogens is 2. The Kier molecular flexibility index (Phi) is 5.19. The van der Waals surface area contributed by atoms with Gasteiger partial charge in [0.15, 0.2) is 0 Å². The minimum absolute atomic E-state index is 1.16. The molecule has 10 rings (SSSR count). The van der Waals surface area contributed by atoms with Gasteiger partial charge in [-0.25, -0.2) is 0 Å². The number of thiophene rings is 1. The molecule has 0 N–H and O–H groups in total. The van der Waals surface area contributed by atoms with Crippen LogP contribution in [0.3, 0.4) is 0 Å². The Morgan fingerprint density at radius 2 is 0.844 bits per heavy atom. The zero-order valence-corrected chi connectivity index (χ0v) is 25.1. The molecule has 0 fully saturated rings. The highest BCUT2D eigenvalue weighted by molar-refractivity contribution is 7.25. The molecular formula is C42H26N2S. The zero-order valence-electron chi connectivity index (χ0n) is 24.3. The second kappa shape index (κ2) is 9.43. The molecule has 0 aliphatic heterocycles. The normalized spacial score (nSPS) is 12.0. The molecule has 0 amide bonds. The van der Waals surface area contributed by atoms with Crippen molar-refractivity contribution in [1.82, 2.24) is 9.13 Å². The molecule has 0 saturated heterocycles. The molecule has 2 nitrogen and oxygen atoms in total. The van der Waals surface area contributed by atoms with Gasteiger partial charge in [-0.1, -0.05) is 97.1 Å². The summed E-state index contributed by atoms with van der Waals surface area (Å²) in [6, 6.07) is 57.8. The van der Waals surface area contributed by atoms with Gasteiger partial charge in [0, 0.05) is 53.1 Å². The predicted octanol–water partition coefficient (Wildman–Crippen LogP) is 11.9. The molecule has 45 heavy (non-hydrogen) atoms. The van der Waals surface area contributed by atoms with E-state index in [9.17, 15) is 0 Å². The molecule has 0 atom stereocenters. The van der Waals surface area contributed by atoms with E-state index in [2.05, 4.69) is 167 Å². The third kappa shape index (κ3) is 3.62. The summed E-state index contributed by atoms with van der Waals surface area (Å²) >= 11 is 1.86. The Balaban J connectivity index is 1.21. The first-order valence-electron chi connectivity index (χ1n) is 15.4. The van der Waals surface area contributed by atoms with Gasteiger partial charge in [-0.05, 0) is 71.8 Å². The number of nitrogens with zero attached hydrogens (tertiary/aromatic N) is 2. The Morgan fingerprint density at radius 3 is 1.56 bits per heavy atom. The molecule has 0 saturated carbocycles. The van der Waals surface area contributed by atoms with Crippen molar-refractivity contribution in [3.63, 3.8) is 0 Å². The lowest BCUT2D eigenvalue weighted by atomic mass is 10.0. The fourth-order valence-electron chi connectivity index (χ4n) is 7.31. The summed E-state index contributed by atoms with van der Waals surface area (Å²) < 4.78 is 7.51. The highest BCUT2D eigenvalue weighted by Crippen LogP contribution is 2.39. The average molecular weight is 591 g/mol. The van der Waals surface area contributed by atoms with Gasteiger partial charge >= 0.3 is 0 Å². The fourth-order valence-corrected chi connectivity index (χ4v) is 8.39. The van der Waals surface area contributed by atoms with Crippen LogP contribution >= 0.6 is 11.3 Å². The van der Waals surface area contributed by atoms with Crippen LogP contribution in [0.2, 0.25) is 0 Å². The molecule has 210 valence electrons. The molecule has 0 radical (unpaired) electrons. The van der Waals surface area contributed by atoms with E-state index in [4.69, 9.17) is 0 Å². The van der Waals surface area contributed by atoms with Crippen molar-refractivity contribution in [3.8, 4) is 22.5 Å². The molecule has 3 aromatic heterocycles. The molecule has 0 spiro atoms. The lowest BCUT2D eigenvalue weighted by molar-refractivity contribution is 1.15. The maximum atomic E-state index is 2.43. The van der Waals surface area contributed by atoms with Crippen LogP contribution in [0, 0.1) is 0 Å². The number of hydrogen-bond acceptors (Lipinski definition) is 1. The lowest BCUT2D eigenvalue weighted by Gasteiger charge is -2.12. The summed E-state index contributed by atoms with van der Waals surface area (Å²) in [6.45, 7) is 0. The second-order valence-corrected chi connectivity index (χ2v) is 12.9. The molecule has 3 heteroatoms. The third-order valence-corrected chi connectivity index (χ3v) is 10.5. The highest BCUT2D eigenvalue weighted by Gasteiger charge is 2.17. The van der Waals surface area contributed by atoms with Crippen molar-refractivity contribution >= 4 is 75.1 Å². The van der Waals surface area contributed by atoms with Gasteiger partial charge in [-0.2, -0.15) is 0 Å². The van der Waals surface area contributed by atoms with Gasteiger partial charge in [0.1, 0.15) is 0 Å². The second-order valence-electron chi connectivity index (χ2n) is 11.8. The van der Waals surface area contributed by atoms with E-state index in [0.29, 0.717) is 0 Å². The first-order valence-corrected chi connectivity index (χ1v) is 16.2. The summed E-state index contributed by atoms with van der Waals surface area (Å²) in [5, 5.41) is 7.72. The van der Waals surface area contributed by atoms with Crippen molar-refractivity contribution in [2.45, 2.75) is 0 Å². The van der Waals surface area contributed by atoms with Crippen molar-refractivity contribution < 1.29 is 0 Å². The van der Waals surface area contributed by atoms with E-state index in [1.54, 1.807) is 0 Å². The minimum Gasteiger partial charge on any atom is -0.309 e. The Hall–Kier alpha value is -5.64. The summed E-state index contributed by atoms with van der Waals surface area (Å²) in [5.74, 6) is 0. The standard InChI is InChI=1S/C42H26N2S/c1-5-16-37-31(12-1)32-13-2-6-17-38(32)43(37)30-21-22-34-33-14-3-7-18-39(33)44(40(34)26-30)29-11-9-10-27(24-29)28-20-23-42-36(25-28)35-15-4-8-19-41(35)45-42/h1-26H. The molecule has 0 unspecified atom stereocenters. The third-order valence-electron chi connectivity index (χ3n) is 9.31. The van der Waals surface area contributed by atoms with Crippen molar-refractivity contribution in [3.05, 3.63) is 158 Å². The molecule has 0 aliphatic rings. The Bertz CT molecular complexity index is 2720. The highest BCUT2D eigenvalue weighted by atomic mass is 32.1. The van der Waals surface area contributed by atoms with Gasteiger partial charge in [0.2, 0.25) is 0 Å². The zero-order chi connectivity index (χ0) is 29.5. The molecule has 10 aromatic rings. The first kappa shape index (κ1) is 24.8. The Labute approximate surface area is 263 Å². The van der Waals surface area contributed by atoms with Gasteiger partial charge in [-0.15, -0.1) is 11.3 Å². The van der Waals surface area contributed by atoms with Crippen molar-refractivity contribution in [2.75, 3.05) is 0 Å². The van der Waals surface area contributed by atoms with Crippen LogP contribution in [0.25, 0.3) is 86.3 Å². The van der Waals surface area contributed by atoms with Gasteiger partial charge < -0.3 is 9.13 Å². The van der Waals surface area contributed by atoms with Gasteiger partial charge in [0.25, 0.3) is 0 Å². The molecular weight excluding hydrogens is 565 g/mol. The number of rotatable bonds is 3. The van der Waals surface area contributed by atoms with Gasteiger partial charge in [0.05, 0.1) is 22.1 Å². The smallest absolute Gasteiger partial charge is 0.0561 e. The van der Waals surface area contributed by atoms with E-state index in [1.165, 1.54) is 74.9 Å². The van der Waals surface area contributed by atoms with E-state index in [-0.39, 0.29) is 0 Å². The molecule has 0 bridgehead atoms. The van der Waals surface area contributed by atoms with Crippen LogP contribution in [-0.4, -0.2) is 9.13 Å². The summed E-state index contributed by atoms with van der Waals surface area (Å²) in [6.07, 6.45) is 0. The van der Waals surface area contributed by atoms with Crippen LogP contribution in [0.1, 0.15) is 0 Å². The molecule has 3 heterocycles. The number of fused-ring (bicyclic) bond motifs is 9. The minimum atomic E-state index is 1.16. The lowest BCUT2D eigenvalue weighted by Crippen LogP contribution is -1.97. The quantitative estimate of drug-likeness (QED) is 0.194. The van der Waals surface area contributed by atoms with Crippen LogP contribution in [0.5, 0.6) is 0 Å². The maximum absolute atomic E-state index is 2.43. The monoisotopic (exact) mass is 590 g/mol. The summed E-state index contributed by atoms with van der Waals surface area (Å²) in [7, 11) is 0. The number of para-hydroxylation sites is 3. The molecule has 7 aromatic carbocycles. The SMILES string of the molecule is c1cc(-c2ccc3sc4ccccc4c3c2)cc(-n2c3ccccc3c3ccc(-n4c5ccccc5c5ccccc54)cc32)c1. The van der Waals surface area contributed by atoms with Crippen LogP contribution in [0.4, 0.5) is 0 Å². The van der Waals surface area contributed by atoms with E-state index < -0.39 is 0 Å². The largest absolute Gasteiger partial charge is 0.309 e. The van der Waals surface area contributed by atoms with E-state index >= 15 is 0 Å².